The Bertz CT molecular complexity index is 804. The number of anilines is 1. The van der Waals surface area contributed by atoms with Gasteiger partial charge in [-0.05, 0) is 44.9 Å². The molecule has 0 spiro atoms. The number of carbonyl (C=O) groups excluding carboxylic acids is 2. The van der Waals surface area contributed by atoms with E-state index in [1.54, 1.807) is 0 Å². The Balaban J connectivity index is 1.55. The number of rotatable bonds is 7. The SMILES string of the molecule is CC(C)Oc1ccccc1NC(=O)C1CC1C(=O)NC(C)c1ccccc1. The molecule has 3 unspecified atom stereocenters. The second-order valence-electron chi connectivity index (χ2n) is 7.24. The molecule has 5 nitrogen and oxygen atoms in total. The average Bonchev–Trinajstić information content (AvgIpc) is 3.45. The minimum absolute atomic E-state index is 0.0157. The van der Waals surface area contributed by atoms with Gasteiger partial charge in [-0.2, -0.15) is 0 Å². The summed E-state index contributed by atoms with van der Waals surface area (Å²) in [6.45, 7) is 5.83. The van der Waals surface area contributed by atoms with Gasteiger partial charge in [0.2, 0.25) is 11.8 Å². The summed E-state index contributed by atoms with van der Waals surface area (Å²) >= 11 is 0. The molecule has 0 heterocycles. The van der Waals surface area contributed by atoms with E-state index in [0.29, 0.717) is 17.9 Å². The molecule has 3 rings (SSSR count). The number of benzene rings is 2. The summed E-state index contributed by atoms with van der Waals surface area (Å²) in [6, 6.07) is 17.1. The molecule has 5 heteroatoms. The summed E-state index contributed by atoms with van der Waals surface area (Å²) in [5.41, 5.74) is 1.69. The van der Waals surface area contributed by atoms with Crippen LogP contribution in [-0.4, -0.2) is 17.9 Å². The standard InChI is InChI=1S/C22H26N2O3/c1-14(2)27-20-12-8-7-11-19(20)24-22(26)18-13-17(18)21(25)23-15(3)16-9-5-4-6-10-16/h4-12,14-15,17-18H,13H2,1-3H3,(H,23,25)(H,24,26). The van der Waals surface area contributed by atoms with Crippen molar-refractivity contribution in [2.45, 2.75) is 39.3 Å². The van der Waals surface area contributed by atoms with E-state index >= 15 is 0 Å². The lowest BCUT2D eigenvalue weighted by molar-refractivity contribution is -0.125. The Hall–Kier alpha value is -2.82. The van der Waals surface area contributed by atoms with Gasteiger partial charge in [0.05, 0.1) is 29.7 Å². The third-order valence-electron chi connectivity index (χ3n) is 4.63. The predicted octanol–water partition coefficient (Wildman–Crippen LogP) is 3.93. The van der Waals surface area contributed by atoms with Gasteiger partial charge in [-0.15, -0.1) is 0 Å². The molecule has 1 saturated carbocycles. The Morgan fingerprint density at radius 1 is 0.926 bits per heavy atom. The number of ether oxygens (including phenoxy) is 1. The van der Waals surface area contributed by atoms with Gasteiger partial charge in [-0.25, -0.2) is 0 Å². The van der Waals surface area contributed by atoms with Crippen LogP contribution < -0.4 is 15.4 Å². The smallest absolute Gasteiger partial charge is 0.228 e. The quantitative estimate of drug-likeness (QED) is 0.780. The van der Waals surface area contributed by atoms with Crippen LogP contribution in [-0.2, 0) is 9.59 Å². The topological polar surface area (TPSA) is 67.4 Å². The molecular weight excluding hydrogens is 340 g/mol. The van der Waals surface area contributed by atoms with E-state index in [9.17, 15) is 9.59 Å². The molecule has 2 amide bonds. The van der Waals surface area contributed by atoms with Crippen LogP contribution in [0.3, 0.4) is 0 Å². The highest BCUT2D eigenvalue weighted by Gasteiger charge is 2.48. The maximum atomic E-state index is 12.5. The van der Waals surface area contributed by atoms with Crippen molar-refractivity contribution in [2.24, 2.45) is 11.8 Å². The average molecular weight is 366 g/mol. The summed E-state index contributed by atoms with van der Waals surface area (Å²) in [4.78, 5) is 25.0. The third kappa shape index (κ3) is 4.88. The van der Waals surface area contributed by atoms with Crippen LogP contribution in [0, 0.1) is 11.8 Å². The molecule has 142 valence electrons. The van der Waals surface area contributed by atoms with Crippen molar-refractivity contribution >= 4 is 17.5 Å². The summed E-state index contributed by atoms with van der Waals surface area (Å²) < 4.78 is 5.73. The number of carbonyl (C=O) groups is 2. The summed E-state index contributed by atoms with van der Waals surface area (Å²) in [5.74, 6) is -0.129. The third-order valence-corrected chi connectivity index (χ3v) is 4.63. The molecule has 2 N–H and O–H groups in total. The van der Waals surface area contributed by atoms with Gasteiger partial charge in [-0.1, -0.05) is 42.5 Å². The predicted molar refractivity (Wildman–Crippen MR) is 105 cm³/mol. The minimum Gasteiger partial charge on any atom is -0.489 e. The minimum atomic E-state index is -0.292. The number of amides is 2. The van der Waals surface area contributed by atoms with Gasteiger partial charge in [0, 0.05) is 0 Å². The van der Waals surface area contributed by atoms with Crippen LogP contribution in [0.15, 0.2) is 54.6 Å². The van der Waals surface area contributed by atoms with E-state index in [1.165, 1.54) is 0 Å². The summed E-state index contributed by atoms with van der Waals surface area (Å²) in [7, 11) is 0. The molecular formula is C22H26N2O3. The highest BCUT2D eigenvalue weighted by Crippen LogP contribution is 2.40. The molecule has 27 heavy (non-hydrogen) atoms. The number of para-hydroxylation sites is 2. The molecule has 2 aromatic carbocycles. The Kier molecular flexibility index (Phi) is 5.79. The lowest BCUT2D eigenvalue weighted by Gasteiger charge is -2.15. The maximum absolute atomic E-state index is 12.5. The van der Waals surface area contributed by atoms with Crippen LogP contribution in [0.25, 0.3) is 0 Å². The van der Waals surface area contributed by atoms with Gasteiger partial charge >= 0.3 is 0 Å². The first-order valence-corrected chi connectivity index (χ1v) is 9.37. The van der Waals surface area contributed by atoms with Crippen molar-refractivity contribution < 1.29 is 14.3 Å². The van der Waals surface area contributed by atoms with E-state index in [-0.39, 0.29) is 35.8 Å². The fourth-order valence-corrected chi connectivity index (χ4v) is 3.07. The second kappa shape index (κ2) is 8.25. The first-order valence-electron chi connectivity index (χ1n) is 9.37. The second-order valence-corrected chi connectivity index (χ2v) is 7.24. The van der Waals surface area contributed by atoms with Crippen molar-refractivity contribution in [1.29, 1.82) is 0 Å². The highest BCUT2D eigenvalue weighted by atomic mass is 16.5. The van der Waals surface area contributed by atoms with Gasteiger partial charge in [-0.3, -0.25) is 9.59 Å². The largest absolute Gasteiger partial charge is 0.489 e. The van der Waals surface area contributed by atoms with Crippen molar-refractivity contribution in [3.05, 3.63) is 60.2 Å². The van der Waals surface area contributed by atoms with E-state index in [1.807, 2.05) is 75.4 Å². The van der Waals surface area contributed by atoms with Gasteiger partial charge in [0.15, 0.2) is 0 Å². The van der Waals surface area contributed by atoms with E-state index < -0.39 is 0 Å². The van der Waals surface area contributed by atoms with Crippen LogP contribution in [0.2, 0.25) is 0 Å². The zero-order valence-electron chi connectivity index (χ0n) is 15.9. The van der Waals surface area contributed by atoms with Gasteiger partial charge < -0.3 is 15.4 Å². The van der Waals surface area contributed by atoms with Crippen LogP contribution in [0.1, 0.15) is 38.8 Å². The first kappa shape index (κ1) is 19.0. The zero-order chi connectivity index (χ0) is 19.4. The lowest BCUT2D eigenvalue weighted by Crippen LogP contribution is -2.29. The molecule has 1 fully saturated rings. The van der Waals surface area contributed by atoms with E-state index in [4.69, 9.17) is 4.74 Å². The molecule has 0 aromatic heterocycles. The fourth-order valence-electron chi connectivity index (χ4n) is 3.07. The molecule has 1 aliphatic carbocycles. The van der Waals surface area contributed by atoms with Crippen LogP contribution >= 0.6 is 0 Å². The normalized spacial score (nSPS) is 19.3. The van der Waals surface area contributed by atoms with Gasteiger partial charge in [0.1, 0.15) is 5.75 Å². The molecule has 0 saturated heterocycles. The fraction of sp³-hybridized carbons (Fsp3) is 0.364. The molecule has 1 aliphatic rings. The van der Waals surface area contributed by atoms with Crippen molar-refractivity contribution in [3.8, 4) is 5.75 Å². The monoisotopic (exact) mass is 366 g/mol. The number of hydrogen-bond donors (Lipinski definition) is 2. The number of hydrogen-bond acceptors (Lipinski definition) is 3. The first-order chi connectivity index (χ1) is 13.0. The van der Waals surface area contributed by atoms with Crippen LogP contribution in [0.5, 0.6) is 5.75 Å². The zero-order valence-corrected chi connectivity index (χ0v) is 15.9. The maximum Gasteiger partial charge on any atom is 0.228 e. The lowest BCUT2D eigenvalue weighted by atomic mass is 10.1. The molecule has 0 radical (unpaired) electrons. The van der Waals surface area contributed by atoms with Crippen LogP contribution in [0.4, 0.5) is 5.69 Å². The highest BCUT2D eigenvalue weighted by molar-refractivity contribution is 6.00. The summed E-state index contributed by atoms with van der Waals surface area (Å²) in [6.07, 6.45) is 0.591. The van der Waals surface area contributed by atoms with E-state index in [0.717, 1.165) is 5.56 Å². The molecule has 2 aromatic rings. The number of nitrogens with one attached hydrogen (secondary N) is 2. The molecule has 0 aliphatic heterocycles. The Morgan fingerprint density at radius 3 is 2.26 bits per heavy atom. The van der Waals surface area contributed by atoms with Crippen molar-refractivity contribution in [3.63, 3.8) is 0 Å². The molecule has 3 atom stereocenters. The van der Waals surface area contributed by atoms with Gasteiger partial charge in [0.25, 0.3) is 0 Å². The van der Waals surface area contributed by atoms with Crippen molar-refractivity contribution in [2.75, 3.05) is 5.32 Å². The Morgan fingerprint density at radius 2 is 1.56 bits per heavy atom. The van der Waals surface area contributed by atoms with Crippen molar-refractivity contribution in [1.82, 2.24) is 5.32 Å². The molecule has 0 bridgehead atoms. The van der Waals surface area contributed by atoms with E-state index in [2.05, 4.69) is 10.6 Å². The summed E-state index contributed by atoms with van der Waals surface area (Å²) in [5, 5.41) is 5.90. The Labute approximate surface area is 160 Å².